The number of carbonyl (C=O) groups excluding carboxylic acids is 1. The summed E-state index contributed by atoms with van der Waals surface area (Å²) in [6, 6.07) is 6.38. The molecule has 1 aromatic heterocycles. The molecule has 7 heteroatoms. The first-order chi connectivity index (χ1) is 11.0. The van der Waals surface area contributed by atoms with Crippen LogP contribution in [0.5, 0.6) is 17.2 Å². The average Bonchev–Trinajstić information content (AvgIpc) is 2.54. The number of rotatable bonds is 6. The zero-order chi connectivity index (χ0) is 16.8. The van der Waals surface area contributed by atoms with E-state index < -0.39 is 5.91 Å². The van der Waals surface area contributed by atoms with Gasteiger partial charge in [0, 0.05) is 18.3 Å². The third-order valence-electron chi connectivity index (χ3n) is 3.13. The first-order valence-corrected chi connectivity index (χ1v) is 6.88. The molecule has 0 saturated heterocycles. The van der Waals surface area contributed by atoms with E-state index in [9.17, 15) is 9.59 Å². The van der Waals surface area contributed by atoms with Gasteiger partial charge in [-0.15, -0.1) is 0 Å². The number of aromatic amines is 1. The summed E-state index contributed by atoms with van der Waals surface area (Å²) in [5.74, 6) is 0.782. The Kier molecular flexibility index (Phi) is 5.24. The van der Waals surface area contributed by atoms with Gasteiger partial charge >= 0.3 is 0 Å². The largest absolute Gasteiger partial charge is 0.497 e. The van der Waals surface area contributed by atoms with E-state index in [0.717, 1.165) is 0 Å². The highest BCUT2D eigenvalue weighted by Crippen LogP contribution is 2.28. The van der Waals surface area contributed by atoms with Crippen LogP contribution in [-0.2, 0) is 4.79 Å². The van der Waals surface area contributed by atoms with Gasteiger partial charge in [0.2, 0.25) is 5.43 Å². The van der Waals surface area contributed by atoms with Crippen molar-refractivity contribution in [1.82, 2.24) is 4.98 Å². The number of methoxy groups -OCH3 is 2. The smallest absolute Gasteiger partial charge is 0.262 e. The van der Waals surface area contributed by atoms with Crippen molar-refractivity contribution in [2.75, 3.05) is 26.1 Å². The number of aromatic nitrogens is 1. The molecule has 0 saturated carbocycles. The van der Waals surface area contributed by atoms with Gasteiger partial charge in [0.05, 0.1) is 25.6 Å². The summed E-state index contributed by atoms with van der Waals surface area (Å²) in [7, 11) is 3.03. The quantitative estimate of drug-likeness (QED) is 0.846. The fraction of sp³-hybridized carbons (Fsp3) is 0.250. The third kappa shape index (κ3) is 4.03. The van der Waals surface area contributed by atoms with E-state index in [-0.39, 0.29) is 17.8 Å². The Bertz CT molecular complexity index is 754. The molecule has 0 spiro atoms. The van der Waals surface area contributed by atoms with E-state index >= 15 is 0 Å². The molecule has 0 unspecified atom stereocenters. The number of hydrogen-bond acceptors (Lipinski definition) is 5. The maximum atomic E-state index is 12.0. The molecule has 0 aliphatic rings. The van der Waals surface area contributed by atoms with Gasteiger partial charge in [-0.3, -0.25) is 9.59 Å². The van der Waals surface area contributed by atoms with Crippen LogP contribution in [0.2, 0.25) is 0 Å². The SMILES string of the molecule is COc1ccc(OC)c(NC(=O)COc2c(C)[nH]ccc2=O)c1. The van der Waals surface area contributed by atoms with E-state index in [1.165, 1.54) is 26.5 Å². The second-order valence-electron chi connectivity index (χ2n) is 4.70. The number of aryl methyl sites for hydroxylation is 1. The third-order valence-corrected chi connectivity index (χ3v) is 3.13. The minimum atomic E-state index is -0.417. The van der Waals surface area contributed by atoms with Crippen LogP contribution in [0.4, 0.5) is 5.69 Å². The van der Waals surface area contributed by atoms with Crippen LogP contribution in [0.15, 0.2) is 35.3 Å². The summed E-state index contributed by atoms with van der Waals surface area (Å²) < 4.78 is 15.6. The molecule has 0 radical (unpaired) electrons. The number of H-pyrrole nitrogens is 1. The van der Waals surface area contributed by atoms with Crippen LogP contribution in [-0.4, -0.2) is 31.7 Å². The number of amides is 1. The Morgan fingerprint density at radius 3 is 2.65 bits per heavy atom. The summed E-state index contributed by atoms with van der Waals surface area (Å²) in [6.07, 6.45) is 1.52. The Hall–Kier alpha value is -2.96. The van der Waals surface area contributed by atoms with Gasteiger partial charge in [-0.2, -0.15) is 0 Å². The van der Waals surface area contributed by atoms with E-state index in [4.69, 9.17) is 14.2 Å². The summed E-state index contributed by atoms with van der Waals surface area (Å²) in [5, 5.41) is 2.66. The monoisotopic (exact) mass is 318 g/mol. The van der Waals surface area contributed by atoms with Crippen molar-refractivity contribution in [3.05, 3.63) is 46.4 Å². The zero-order valence-corrected chi connectivity index (χ0v) is 13.1. The summed E-state index contributed by atoms with van der Waals surface area (Å²) >= 11 is 0. The predicted octanol–water partition coefficient (Wildman–Crippen LogP) is 1.72. The molecular weight excluding hydrogens is 300 g/mol. The topological polar surface area (TPSA) is 89.7 Å². The molecule has 0 atom stereocenters. The highest BCUT2D eigenvalue weighted by molar-refractivity contribution is 5.93. The lowest BCUT2D eigenvalue weighted by Gasteiger charge is -2.12. The minimum absolute atomic E-state index is 0.125. The lowest BCUT2D eigenvalue weighted by molar-refractivity contribution is -0.118. The highest BCUT2D eigenvalue weighted by atomic mass is 16.5. The molecule has 1 aromatic carbocycles. The number of hydrogen-bond donors (Lipinski definition) is 2. The van der Waals surface area contributed by atoms with Crippen molar-refractivity contribution in [3.8, 4) is 17.2 Å². The molecule has 122 valence electrons. The standard InChI is InChI=1S/C16H18N2O5/c1-10-16(13(19)6-7-17-10)23-9-15(20)18-12-8-11(21-2)4-5-14(12)22-3/h4-8H,9H2,1-3H3,(H,17,19)(H,18,20). The van der Waals surface area contributed by atoms with Gasteiger partial charge in [0.1, 0.15) is 11.5 Å². The molecule has 0 fully saturated rings. The van der Waals surface area contributed by atoms with Crippen LogP contribution < -0.4 is 25.0 Å². The first kappa shape index (κ1) is 16.4. The molecule has 1 amide bonds. The fourth-order valence-electron chi connectivity index (χ4n) is 1.98. The van der Waals surface area contributed by atoms with Crippen LogP contribution in [0.3, 0.4) is 0 Å². The lowest BCUT2D eigenvalue weighted by Crippen LogP contribution is -2.23. The normalized spacial score (nSPS) is 10.0. The van der Waals surface area contributed by atoms with Crippen LogP contribution in [0.25, 0.3) is 0 Å². The van der Waals surface area contributed by atoms with Gasteiger partial charge < -0.3 is 24.5 Å². The minimum Gasteiger partial charge on any atom is -0.497 e. The predicted molar refractivity (Wildman–Crippen MR) is 85.5 cm³/mol. The van der Waals surface area contributed by atoms with Crippen molar-refractivity contribution in [1.29, 1.82) is 0 Å². The Labute approximate surface area is 133 Å². The molecule has 23 heavy (non-hydrogen) atoms. The second kappa shape index (κ2) is 7.35. The van der Waals surface area contributed by atoms with Gasteiger partial charge in [-0.05, 0) is 19.1 Å². The molecule has 0 aliphatic heterocycles. The van der Waals surface area contributed by atoms with Crippen molar-refractivity contribution in [3.63, 3.8) is 0 Å². The van der Waals surface area contributed by atoms with E-state index in [1.807, 2.05) is 0 Å². The van der Waals surface area contributed by atoms with Gasteiger partial charge in [-0.1, -0.05) is 0 Å². The fourth-order valence-corrected chi connectivity index (χ4v) is 1.98. The van der Waals surface area contributed by atoms with Gasteiger partial charge in [0.15, 0.2) is 12.4 Å². The number of ether oxygens (including phenoxy) is 3. The molecule has 0 bridgehead atoms. The van der Waals surface area contributed by atoms with E-state index in [2.05, 4.69) is 10.3 Å². The van der Waals surface area contributed by atoms with Crippen LogP contribution >= 0.6 is 0 Å². The van der Waals surface area contributed by atoms with Gasteiger partial charge in [-0.25, -0.2) is 0 Å². The average molecular weight is 318 g/mol. The maximum absolute atomic E-state index is 12.0. The number of anilines is 1. The maximum Gasteiger partial charge on any atom is 0.262 e. The lowest BCUT2D eigenvalue weighted by atomic mass is 10.2. The van der Waals surface area contributed by atoms with Crippen molar-refractivity contribution < 1.29 is 19.0 Å². The van der Waals surface area contributed by atoms with Gasteiger partial charge in [0.25, 0.3) is 5.91 Å². The van der Waals surface area contributed by atoms with Crippen molar-refractivity contribution in [2.45, 2.75) is 6.92 Å². The Morgan fingerprint density at radius 1 is 1.22 bits per heavy atom. The molecule has 0 aliphatic carbocycles. The first-order valence-electron chi connectivity index (χ1n) is 6.88. The number of pyridine rings is 1. The van der Waals surface area contributed by atoms with Crippen molar-refractivity contribution in [2.24, 2.45) is 0 Å². The van der Waals surface area contributed by atoms with Crippen molar-refractivity contribution >= 4 is 11.6 Å². The number of nitrogens with one attached hydrogen (secondary N) is 2. The number of carbonyl (C=O) groups is 1. The van der Waals surface area contributed by atoms with Crippen LogP contribution in [0, 0.1) is 6.92 Å². The highest BCUT2D eigenvalue weighted by Gasteiger charge is 2.11. The molecule has 2 N–H and O–H groups in total. The summed E-state index contributed by atoms with van der Waals surface area (Å²) in [6.45, 7) is 1.40. The molecule has 2 rings (SSSR count). The molecule has 7 nitrogen and oxygen atoms in total. The van der Waals surface area contributed by atoms with Crippen LogP contribution in [0.1, 0.15) is 5.69 Å². The Morgan fingerprint density at radius 2 is 2.00 bits per heavy atom. The summed E-state index contributed by atoms with van der Waals surface area (Å²) in [5.41, 5.74) is 0.733. The Balaban J connectivity index is 2.07. The van der Waals surface area contributed by atoms with E-state index in [0.29, 0.717) is 22.9 Å². The zero-order valence-electron chi connectivity index (χ0n) is 13.1. The second-order valence-corrected chi connectivity index (χ2v) is 4.70. The molecular formula is C16H18N2O5. The molecule has 1 heterocycles. The number of benzene rings is 1. The molecule has 2 aromatic rings. The summed E-state index contributed by atoms with van der Waals surface area (Å²) in [4.78, 5) is 26.6. The van der Waals surface area contributed by atoms with E-state index in [1.54, 1.807) is 25.1 Å².